The molecule has 0 bridgehead atoms. The Morgan fingerprint density at radius 1 is 1.39 bits per heavy atom. The molecule has 1 fully saturated rings. The highest BCUT2D eigenvalue weighted by atomic mass is 16.5. The Morgan fingerprint density at radius 3 is 3.00 bits per heavy atom. The van der Waals surface area contributed by atoms with Crippen LogP contribution in [0, 0.1) is 0 Å². The molecule has 0 unspecified atom stereocenters. The molecular formula is C13H16N4O. The summed E-state index contributed by atoms with van der Waals surface area (Å²) in [6.07, 6.45) is 3.82. The van der Waals surface area contributed by atoms with E-state index in [0.29, 0.717) is 11.8 Å². The summed E-state index contributed by atoms with van der Waals surface area (Å²) in [5, 5.41) is 10.5. The second-order valence-electron chi connectivity index (χ2n) is 4.52. The lowest BCUT2D eigenvalue weighted by atomic mass is 9.83. The number of nitrogens with zero attached hydrogens (tertiary/aromatic N) is 2. The third-order valence-corrected chi connectivity index (χ3v) is 3.32. The first-order valence-corrected chi connectivity index (χ1v) is 6.18. The van der Waals surface area contributed by atoms with Crippen LogP contribution >= 0.6 is 0 Å². The second-order valence-corrected chi connectivity index (χ2v) is 4.52. The monoisotopic (exact) mass is 244 g/mol. The Hall–Kier alpha value is -2.04. The van der Waals surface area contributed by atoms with Crippen LogP contribution in [0.1, 0.15) is 30.9 Å². The van der Waals surface area contributed by atoms with E-state index >= 15 is 0 Å². The summed E-state index contributed by atoms with van der Waals surface area (Å²) in [6, 6.07) is 7.67. The molecule has 3 rings (SSSR count). The largest absolute Gasteiger partial charge is 0.481 e. The van der Waals surface area contributed by atoms with Crippen LogP contribution in [-0.2, 0) is 0 Å². The summed E-state index contributed by atoms with van der Waals surface area (Å²) in [7, 11) is 1.61. The van der Waals surface area contributed by atoms with Crippen LogP contribution in [0.4, 0.5) is 11.6 Å². The van der Waals surface area contributed by atoms with Gasteiger partial charge in [0.1, 0.15) is 11.6 Å². The van der Waals surface area contributed by atoms with Gasteiger partial charge in [-0.1, -0.05) is 12.5 Å². The summed E-state index contributed by atoms with van der Waals surface area (Å²) in [6.45, 7) is 0. The Balaban J connectivity index is 1.72. The highest BCUT2D eigenvalue weighted by Crippen LogP contribution is 2.36. The average Bonchev–Trinajstić information content (AvgIpc) is 2.75. The standard InChI is InChI=1S/C13H16N4O/c1-18-13-7-3-6-11(15-13)14-12-8-10(16-17-12)9-4-2-5-9/h3,6-9H,2,4-5H2,1H3,(H2,14,15,16,17). The van der Waals surface area contributed by atoms with Crippen LogP contribution in [-0.4, -0.2) is 22.3 Å². The molecule has 2 N–H and O–H groups in total. The Morgan fingerprint density at radius 2 is 2.28 bits per heavy atom. The first-order chi connectivity index (χ1) is 8.85. The second kappa shape index (κ2) is 4.68. The number of pyridine rings is 1. The van der Waals surface area contributed by atoms with Gasteiger partial charge in [-0.2, -0.15) is 10.1 Å². The summed E-state index contributed by atoms with van der Waals surface area (Å²) in [5.41, 5.74) is 1.15. The topological polar surface area (TPSA) is 62.8 Å². The van der Waals surface area contributed by atoms with Gasteiger partial charge in [0, 0.05) is 18.1 Å². The predicted octanol–water partition coefficient (Wildman–Crippen LogP) is 2.82. The van der Waals surface area contributed by atoms with Crippen LogP contribution in [0.2, 0.25) is 0 Å². The predicted molar refractivity (Wildman–Crippen MR) is 69.3 cm³/mol. The van der Waals surface area contributed by atoms with Gasteiger partial charge >= 0.3 is 0 Å². The molecule has 0 spiro atoms. The normalized spacial score (nSPS) is 15.2. The molecule has 1 aliphatic carbocycles. The van der Waals surface area contributed by atoms with E-state index in [-0.39, 0.29) is 0 Å². The van der Waals surface area contributed by atoms with Crippen LogP contribution in [0.3, 0.4) is 0 Å². The smallest absolute Gasteiger partial charge is 0.214 e. The van der Waals surface area contributed by atoms with Gasteiger partial charge < -0.3 is 10.1 Å². The van der Waals surface area contributed by atoms with Gasteiger partial charge in [0.05, 0.1) is 12.8 Å². The summed E-state index contributed by atoms with van der Waals surface area (Å²) in [4.78, 5) is 4.29. The maximum Gasteiger partial charge on any atom is 0.214 e. The number of hydrogen-bond acceptors (Lipinski definition) is 4. The molecule has 18 heavy (non-hydrogen) atoms. The van der Waals surface area contributed by atoms with Crippen molar-refractivity contribution in [2.75, 3.05) is 12.4 Å². The molecule has 5 nitrogen and oxygen atoms in total. The van der Waals surface area contributed by atoms with Crippen molar-refractivity contribution in [3.63, 3.8) is 0 Å². The lowest BCUT2D eigenvalue weighted by Crippen LogP contribution is -2.08. The van der Waals surface area contributed by atoms with Crippen molar-refractivity contribution in [2.24, 2.45) is 0 Å². The molecule has 2 aromatic heterocycles. The number of ether oxygens (including phenoxy) is 1. The van der Waals surface area contributed by atoms with E-state index in [9.17, 15) is 0 Å². The van der Waals surface area contributed by atoms with Gasteiger partial charge in [-0.15, -0.1) is 0 Å². The van der Waals surface area contributed by atoms with E-state index in [2.05, 4.69) is 26.6 Å². The molecule has 0 aliphatic heterocycles. The van der Waals surface area contributed by atoms with Crippen molar-refractivity contribution in [1.82, 2.24) is 15.2 Å². The molecule has 2 aromatic rings. The molecule has 0 amide bonds. The summed E-state index contributed by atoms with van der Waals surface area (Å²) >= 11 is 0. The third-order valence-electron chi connectivity index (χ3n) is 3.32. The number of aromatic nitrogens is 3. The number of H-pyrrole nitrogens is 1. The maximum atomic E-state index is 5.09. The molecule has 5 heteroatoms. The highest BCUT2D eigenvalue weighted by molar-refractivity contribution is 5.52. The van der Waals surface area contributed by atoms with Crippen molar-refractivity contribution in [3.8, 4) is 5.88 Å². The molecule has 0 radical (unpaired) electrons. The van der Waals surface area contributed by atoms with Crippen molar-refractivity contribution < 1.29 is 4.74 Å². The molecule has 94 valence electrons. The molecule has 1 saturated carbocycles. The van der Waals surface area contributed by atoms with Crippen LogP contribution in [0.25, 0.3) is 0 Å². The van der Waals surface area contributed by atoms with E-state index < -0.39 is 0 Å². The van der Waals surface area contributed by atoms with Gasteiger partial charge in [0.15, 0.2) is 0 Å². The van der Waals surface area contributed by atoms with Crippen molar-refractivity contribution in [1.29, 1.82) is 0 Å². The van der Waals surface area contributed by atoms with Gasteiger partial charge in [-0.25, -0.2) is 0 Å². The zero-order valence-corrected chi connectivity index (χ0v) is 10.3. The fourth-order valence-corrected chi connectivity index (χ4v) is 2.05. The van der Waals surface area contributed by atoms with Crippen molar-refractivity contribution >= 4 is 11.6 Å². The molecule has 2 heterocycles. The van der Waals surface area contributed by atoms with Gasteiger partial charge in [-0.05, 0) is 18.9 Å². The lowest BCUT2D eigenvalue weighted by molar-refractivity contribution is 0.398. The van der Waals surface area contributed by atoms with Crippen LogP contribution in [0.5, 0.6) is 5.88 Å². The average molecular weight is 244 g/mol. The first-order valence-electron chi connectivity index (χ1n) is 6.18. The van der Waals surface area contributed by atoms with E-state index in [1.54, 1.807) is 7.11 Å². The summed E-state index contributed by atoms with van der Waals surface area (Å²) < 4.78 is 5.09. The third kappa shape index (κ3) is 2.16. The Kier molecular flexibility index (Phi) is 2.88. The SMILES string of the molecule is COc1cccc(Nc2cc(C3CCC3)n[nH]2)n1. The van der Waals surface area contributed by atoms with Crippen molar-refractivity contribution in [3.05, 3.63) is 30.0 Å². The maximum absolute atomic E-state index is 5.09. The Labute approximate surface area is 106 Å². The zero-order valence-electron chi connectivity index (χ0n) is 10.3. The molecule has 0 aromatic carbocycles. The molecule has 0 saturated heterocycles. The van der Waals surface area contributed by atoms with Crippen LogP contribution in [0.15, 0.2) is 24.3 Å². The Bertz CT molecular complexity index is 533. The fraction of sp³-hybridized carbons (Fsp3) is 0.385. The number of anilines is 2. The highest BCUT2D eigenvalue weighted by Gasteiger charge is 2.21. The van der Waals surface area contributed by atoms with E-state index in [0.717, 1.165) is 17.3 Å². The van der Waals surface area contributed by atoms with Crippen LogP contribution < -0.4 is 10.1 Å². The first kappa shape index (κ1) is 11.1. The minimum absolute atomic E-state index is 0.596. The summed E-state index contributed by atoms with van der Waals surface area (Å²) in [5.74, 6) is 2.85. The molecule has 1 aliphatic rings. The quantitative estimate of drug-likeness (QED) is 0.868. The number of aromatic amines is 1. The fourth-order valence-electron chi connectivity index (χ4n) is 2.05. The number of nitrogens with one attached hydrogen (secondary N) is 2. The van der Waals surface area contributed by atoms with Gasteiger partial charge in [0.2, 0.25) is 5.88 Å². The van der Waals surface area contributed by atoms with E-state index in [1.165, 1.54) is 19.3 Å². The van der Waals surface area contributed by atoms with E-state index in [1.807, 2.05) is 18.2 Å². The number of methoxy groups -OCH3 is 1. The lowest BCUT2D eigenvalue weighted by Gasteiger charge is -2.22. The van der Waals surface area contributed by atoms with E-state index in [4.69, 9.17) is 4.74 Å². The van der Waals surface area contributed by atoms with Gasteiger partial charge in [0.25, 0.3) is 0 Å². The minimum Gasteiger partial charge on any atom is -0.481 e. The minimum atomic E-state index is 0.596. The zero-order chi connectivity index (χ0) is 12.4. The molecule has 0 atom stereocenters. The number of rotatable bonds is 4. The number of hydrogen-bond donors (Lipinski definition) is 2. The van der Waals surface area contributed by atoms with Gasteiger partial charge in [-0.3, -0.25) is 5.10 Å². The van der Waals surface area contributed by atoms with Crippen molar-refractivity contribution in [2.45, 2.75) is 25.2 Å². The molecular weight excluding hydrogens is 228 g/mol.